The molecule has 0 radical (unpaired) electrons. The third-order valence-corrected chi connectivity index (χ3v) is 2.85. The van der Waals surface area contributed by atoms with Gasteiger partial charge in [0, 0.05) is 6.54 Å². The molecule has 0 atom stereocenters. The van der Waals surface area contributed by atoms with E-state index in [1.165, 1.54) is 0 Å². The Labute approximate surface area is 128 Å². The highest BCUT2D eigenvalue weighted by molar-refractivity contribution is 5.91. The van der Waals surface area contributed by atoms with E-state index in [1.807, 2.05) is 19.1 Å². The lowest BCUT2D eigenvalue weighted by molar-refractivity contribution is 0.0734. The summed E-state index contributed by atoms with van der Waals surface area (Å²) in [6, 6.07) is 13.4. The zero-order chi connectivity index (χ0) is 15.9. The van der Waals surface area contributed by atoms with Crippen LogP contribution in [0.15, 0.2) is 48.5 Å². The van der Waals surface area contributed by atoms with Crippen molar-refractivity contribution in [1.82, 2.24) is 5.32 Å². The Bertz CT molecular complexity index is 647. The molecule has 0 aliphatic rings. The fraction of sp³-hybridized carbons (Fsp3) is 0.176. The molecule has 1 N–H and O–H groups in total. The van der Waals surface area contributed by atoms with Crippen LogP contribution in [-0.2, 0) is 0 Å². The molecule has 0 unspecified atom stereocenters. The van der Waals surface area contributed by atoms with Crippen molar-refractivity contribution >= 4 is 12.1 Å². The third kappa shape index (κ3) is 4.34. The molecule has 0 aliphatic carbocycles. The van der Waals surface area contributed by atoms with E-state index < -0.39 is 12.1 Å². The summed E-state index contributed by atoms with van der Waals surface area (Å²) in [5, 5.41) is 2.52. The van der Waals surface area contributed by atoms with Crippen LogP contribution in [0.5, 0.6) is 11.5 Å². The van der Waals surface area contributed by atoms with Gasteiger partial charge in [0.15, 0.2) is 0 Å². The Balaban J connectivity index is 1.98. The molecule has 2 aromatic rings. The van der Waals surface area contributed by atoms with E-state index in [9.17, 15) is 9.59 Å². The van der Waals surface area contributed by atoms with Crippen molar-refractivity contribution in [3.63, 3.8) is 0 Å². The normalized spacial score (nSPS) is 9.91. The van der Waals surface area contributed by atoms with Crippen LogP contribution in [0.3, 0.4) is 0 Å². The quantitative estimate of drug-likeness (QED) is 0.695. The van der Waals surface area contributed by atoms with Gasteiger partial charge < -0.3 is 14.8 Å². The zero-order valence-corrected chi connectivity index (χ0v) is 12.5. The predicted molar refractivity (Wildman–Crippen MR) is 82.3 cm³/mol. The highest BCUT2D eigenvalue weighted by Crippen LogP contribution is 2.16. The molecule has 0 saturated carbocycles. The molecular weight excluding hydrogens is 282 g/mol. The Morgan fingerprint density at radius 3 is 2.05 bits per heavy atom. The summed E-state index contributed by atoms with van der Waals surface area (Å²) in [4.78, 5) is 23.3. The van der Waals surface area contributed by atoms with Crippen LogP contribution in [0.1, 0.15) is 22.8 Å². The van der Waals surface area contributed by atoms with Crippen LogP contribution in [0, 0.1) is 6.92 Å². The van der Waals surface area contributed by atoms with Crippen LogP contribution in [-0.4, -0.2) is 18.6 Å². The lowest BCUT2D eigenvalue weighted by Crippen LogP contribution is -2.26. The average Bonchev–Trinajstić information content (AvgIpc) is 2.50. The van der Waals surface area contributed by atoms with E-state index >= 15 is 0 Å². The number of benzene rings is 2. The van der Waals surface area contributed by atoms with Gasteiger partial charge in [-0.2, -0.15) is 0 Å². The molecule has 114 valence electrons. The monoisotopic (exact) mass is 299 g/mol. The minimum absolute atomic E-state index is 0.359. The van der Waals surface area contributed by atoms with Crippen molar-refractivity contribution in [2.24, 2.45) is 0 Å². The Morgan fingerprint density at radius 2 is 1.45 bits per heavy atom. The maximum absolute atomic E-state index is 12.0. The SMILES string of the molecule is CCNC(=O)Oc1ccc(C(=O)Oc2ccc(C)cc2)cc1. The van der Waals surface area contributed by atoms with Crippen molar-refractivity contribution in [1.29, 1.82) is 0 Å². The van der Waals surface area contributed by atoms with Crippen molar-refractivity contribution in [2.45, 2.75) is 13.8 Å². The maximum Gasteiger partial charge on any atom is 0.412 e. The highest BCUT2D eigenvalue weighted by atomic mass is 16.6. The number of nitrogens with one attached hydrogen (secondary N) is 1. The Morgan fingerprint density at radius 1 is 0.909 bits per heavy atom. The molecule has 2 aromatic carbocycles. The number of rotatable bonds is 4. The first kappa shape index (κ1) is 15.6. The maximum atomic E-state index is 12.0. The summed E-state index contributed by atoms with van der Waals surface area (Å²) in [5.74, 6) is 0.379. The number of hydrogen-bond donors (Lipinski definition) is 1. The predicted octanol–water partition coefficient (Wildman–Crippen LogP) is 3.32. The number of esters is 1. The first-order valence-corrected chi connectivity index (χ1v) is 6.93. The highest BCUT2D eigenvalue weighted by Gasteiger charge is 2.09. The molecule has 0 aromatic heterocycles. The Hall–Kier alpha value is -2.82. The van der Waals surface area contributed by atoms with E-state index in [0.717, 1.165) is 5.56 Å². The molecule has 0 fully saturated rings. The van der Waals surface area contributed by atoms with Gasteiger partial charge in [0.1, 0.15) is 11.5 Å². The van der Waals surface area contributed by atoms with Gasteiger partial charge >= 0.3 is 12.1 Å². The molecule has 5 heteroatoms. The second-order valence-electron chi connectivity index (χ2n) is 4.65. The average molecular weight is 299 g/mol. The first-order valence-electron chi connectivity index (χ1n) is 6.93. The third-order valence-electron chi connectivity index (χ3n) is 2.85. The van der Waals surface area contributed by atoms with Gasteiger partial charge in [-0.3, -0.25) is 0 Å². The molecule has 0 heterocycles. The lowest BCUT2D eigenvalue weighted by atomic mass is 10.2. The van der Waals surface area contributed by atoms with E-state index in [1.54, 1.807) is 43.3 Å². The molecule has 0 aliphatic heterocycles. The first-order chi connectivity index (χ1) is 10.6. The van der Waals surface area contributed by atoms with E-state index in [4.69, 9.17) is 9.47 Å². The number of carbonyl (C=O) groups excluding carboxylic acids is 2. The van der Waals surface area contributed by atoms with Crippen molar-refractivity contribution in [2.75, 3.05) is 6.54 Å². The van der Waals surface area contributed by atoms with E-state index in [0.29, 0.717) is 23.6 Å². The summed E-state index contributed by atoms with van der Waals surface area (Å²) in [6.45, 7) is 4.24. The molecule has 0 bridgehead atoms. The number of ether oxygens (including phenoxy) is 2. The minimum Gasteiger partial charge on any atom is -0.423 e. The molecule has 22 heavy (non-hydrogen) atoms. The van der Waals surface area contributed by atoms with Crippen LogP contribution in [0.4, 0.5) is 4.79 Å². The number of hydrogen-bond acceptors (Lipinski definition) is 4. The summed E-state index contributed by atoms with van der Waals surface area (Å²) in [7, 11) is 0. The van der Waals surface area contributed by atoms with Crippen LogP contribution >= 0.6 is 0 Å². The van der Waals surface area contributed by atoms with E-state index in [-0.39, 0.29) is 0 Å². The van der Waals surface area contributed by atoms with Gasteiger partial charge in [0.05, 0.1) is 5.56 Å². The summed E-state index contributed by atoms with van der Waals surface area (Å²) in [5.41, 5.74) is 1.47. The minimum atomic E-state index is -0.530. The van der Waals surface area contributed by atoms with Crippen molar-refractivity contribution < 1.29 is 19.1 Å². The molecule has 0 spiro atoms. The molecule has 5 nitrogen and oxygen atoms in total. The number of amides is 1. The van der Waals surface area contributed by atoms with Crippen LogP contribution < -0.4 is 14.8 Å². The largest absolute Gasteiger partial charge is 0.423 e. The second kappa shape index (κ2) is 7.26. The van der Waals surface area contributed by atoms with Gasteiger partial charge in [-0.1, -0.05) is 17.7 Å². The van der Waals surface area contributed by atoms with Gasteiger partial charge in [-0.05, 0) is 50.2 Å². The number of carbonyl (C=O) groups is 2. The fourth-order valence-corrected chi connectivity index (χ4v) is 1.72. The molecule has 2 rings (SSSR count). The molecular formula is C17H17NO4. The van der Waals surface area contributed by atoms with Crippen LogP contribution in [0.25, 0.3) is 0 Å². The molecule has 1 amide bonds. The number of aryl methyl sites for hydroxylation is 1. The topological polar surface area (TPSA) is 64.6 Å². The van der Waals surface area contributed by atoms with Gasteiger partial charge in [-0.25, -0.2) is 9.59 Å². The van der Waals surface area contributed by atoms with Crippen molar-refractivity contribution in [3.05, 3.63) is 59.7 Å². The summed E-state index contributed by atoms with van der Waals surface area (Å²) in [6.07, 6.45) is -0.530. The van der Waals surface area contributed by atoms with Gasteiger partial charge in [0.25, 0.3) is 0 Å². The Kier molecular flexibility index (Phi) is 5.14. The van der Waals surface area contributed by atoms with Crippen LogP contribution in [0.2, 0.25) is 0 Å². The lowest BCUT2D eigenvalue weighted by Gasteiger charge is -2.07. The summed E-state index contributed by atoms with van der Waals surface area (Å²) >= 11 is 0. The van der Waals surface area contributed by atoms with Crippen molar-refractivity contribution in [3.8, 4) is 11.5 Å². The fourth-order valence-electron chi connectivity index (χ4n) is 1.72. The van der Waals surface area contributed by atoms with E-state index in [2.05, 4.69) is 5.32 Å². The standard InChI is InChI=1S/C17H17NO4/c1-3-18-17(20)22-15-10-6-13(7-11-15)16(19)21-14-8-4-12(2)5-9-14/h4-11H,3H2,1-2H3,(H,18,20). The molecule has 0 saturated heterocycles. The smallest absolute Gasteiger partial charge is 0.412 e. The zero-order valence-electron chi connectivity index (χ0n) is 12.5. The summed E-state index contributed by atoms with van der Waals surface area (Å²) < 4.78 is 10.3. The second-order valence-corrected chi connectivity index (χ2v) is 4.65. The van der Waals surface area contributed by atoms with Gasteiger partial charge in [0.2, 0.25) is 0 Å². The van der Waals surface area contributed by atoms with Gasteiger partial charge in [-0.15, -0.1) is 0 Å².